The Morgan fingerprint density at radius 1 is 1.19 bits per heavy atom. The first-order valence-electron chi connectivity index (χ1n) is 8.08. The summed E-state index contributed by atoms with van der Waals surface area (Å²) in [6.45, 7) is 2.08. The van der Waals surface area contributed by atoms with E-state index in [2.05, 4.69) is 9.46 Å². The van der Waals surface area contributed by atoms with Crippen LogP contribution < -0.4 is 14.4 Å². The predicted octanol–water partition coefficient (Wildman–Crippen LogP) is 2.02. The average Bonchev–Trinajstić information content (AvgIpc) is 2.66. The second-order valence-electron chi connectivity index (χ2n) is 5.79. The summed E-state index contributed by atoms with van der Waals surface area (Å²) in [5.41, 5.74) is 0.579. The van der Waals surface area contributed by atoms with Crippen molar-refractivity contribution in [1.82, 2.24) is 0 Å². The van der Waals surface area contributed by atoms with Crippen molar-refractivity contribution in [3.8, 4) is 5.75 Å². The third-order valence-electron chi connectivity index (χ3n) is 4.06. The molecule has 1 amide bonds. The Kier molecular flexibility index (Phi) is 5.04. The minimum absolute atomic E-state index is 0.0577. The smallest absolute Gasteiger partial charge is 0.339 e. The molecule has 8 nitrogen and oxygen atoms in total. The number of carbonyl (C=O) groups is 2. The van der Waals surface area contributed by atoms with Crippen LogP contribution in [0.25, 0.3) is 0 Å². The Balaban J connectivity index is 1.99. The number of benzene rings is 2. The van der Waals surface area contributed by atoms with Gasteiger partial charge in [-0.3, -0.25) is 9.52 Å². The van der Waals surface area contributed by atoms with E-state index < -0.39 is 16.0 Å². The quantitative estimate of drug-likeness (QED) is 0.802. The lowest BCUT2D eigenvalue weighted by Gasteiger charge is -2.29. The largest absolute Gasteiger partial charge is 0.490 e. The van der Waals surface area contributed by atoms with Crippen LogP contribution in [0, 0.1) is 0 Å². The fourth-order valence-electron chi connectivity index (χ4n) is 2.76. The molecule has 0 fully saturated rings. The number of fused-ring (bicyclic) bond motifs is 1. The van der Waals surface area contributed by atoms with E-state index in [0.717, 1.165) is 0 Å². The van der Waals surface area contributed by atoms with E-state index >= 15 is 0 Å². The van der Waals surface area contributed by atoms with Crippen molar-refractivity contribution in [2.24, 2.45) is 0 Å². The molecule has 142 valence electrons. The third-order valence-corrected chi connectivity index (χ3v) is 5.42. The van der Waals surface area contributed by atoms with E-state index in [1.54, 1.807) is 12.1 Å². The molecule has 1 aliphatic heterocycles. The van der Waals surface area contributed by atoms with Gasteiger partial charge in [0, 0.05) is 6.92 Å². The van der Waals surface area contributed by atoms with Crippen molar-refractivity contribution < 1.29 is 27.5 Å². The number of para-hydroxylation sites is 1. The molecule has 0 saturated heterocycles. The molecule has 0 bridgehead atoms. The molecule has 0 atom stereocenters. The van der Waals surface area contributed by atoms with E-state index in [0.29, 0.717) is 24.6 Å². The average molecular weight is 390 g/mol. The normalized spacial score (nSPS) is 13.3. The van der Waals surface area contributed by atoms with Crippen molar-refractivity contribution >= 4 is 33.3 Å². The summed E-state index contributed by atoms with van der Waals surface area (Å²) in [6, 6.07) is 10.4. The molecule has 3 rings (SSSR count). The highest BCUT2D eigenvalue weighted by Crippen LogP contribution is 2.34. The van der Waals surface area contributed by atoms with Crippen LogP contribution in [0.15, 0.2) is 47.4 Å². The Labute approximate surface area is 156 Å². The fraction of sp³-hybridized carbons (Fsp3) is 0.222. The monoisotopic (exact) mass is 390 g/mol. The zero-order valence-electron chi connectivity index (χ0n) is 14.8. The fourth-order valence-corrected chi connectivity index (χ4v) is 3.85. The highest BCUT2D eigenvalue weighted by Gasteiger charge is 2.25. The number of anilines is 2. The standard InChI is InChI=1S/C18H18N2O6S/c1-12(21)20-9-10-26-17-8-7-13(11-16(17)20)27(23,24)19-15-6-4-3-5-14(15)18(22)25-2/h3-8,11,19H,9-10H2,1-2H3. The first-order valence-corrected chi connectivity index (χ1v) is 9.57. The molecule has 2 aromatic carbocycles. The maximum absolute atomic E-state index is 12.8. The number of amides is 1. The Morgan fingerprint density at radius 2 is 1.93 bits per heavy atom. The van der Waals surface area contributed by atoms with Gasteiger partial charge < -0.3 is 14.4 Å². The first kappa shape index (κ1) is 18.7. The molecule has 9 heteroatoms. The number of hydrogen-bond donors (Lipinski definition) is 1. The summed E-state index contributed by atoms with van der Waals surface area (Å²) in [7, 11) is -2.80. The van der Waals surface area contributed by atoms with E-state index in [9.17, 15) is 18.0 Å². The molecule has 0 aromatic heterocycles. The molecule has 27 heavy (non-hydrogen) atoms. The van der Waals surface area contributed by atoms with Crippen LogP contribution in [0.2, 0.25) is 0 Å². The first-order chi connectivity index (χ1) is 12.8. The van der Waals surface area contributed by atoms with Gasteiger partial charge in [-0.1, -0.05) is 12.1 Å². The number of ether oxygens (including phenoxy) is 2. The third kappa shape index (κ3) is 3.72. The van der Waals surface area contributed by atoms with E-state index in [4.69, 9.17) is 4.74 Å². The number of esters is 1. The van der Waals surface area contributed by atoms with Gasteiger partial charge in [0.15, 0.2) is 0 Å². The molecular weight excluding hydrogens is 372 g/mol. The minimum atomic E-state index is -4.01. The van der Waals surface area contributed by atoms with Gasteiger partial charge in [-0.25, -0.2) is 13.2 Å². The van der Waals surface area contributed by atoms with E-state index in [-0.39, 0.29) is 22.1 Å². The van der Waals surface area contributed by atoms with Crippen LogP contribution in [-0.4, -0.2) is 40.6 Å². The molecule has 0 radical (unpaired) electrons. The number of nitrogens with one attached hydrogen (secondary N) is 1. The molecule has 0 unspecified atom stereocenters. The van der Waals surface area contributed by atoms with Gasteiger partial charge in [0.05, 0.1) is 35.5 Å². The Hall–Kier alpha value is -3.07. The molecule has 0 spiro atoms. The van der Waals surface area contributed by atoms with Crippen LogP contribution >= 0.6 is 0 Å². The van der Waals surface area contributed by atoms with Crippen LogP contribution in [0.3, 0.4) is 0 Å². The number of methoxy groups -OCH3 is 1. The highest BCUT2D eigenvalue weighted by molar-refractivity contribution is 7.92. The van der Waals surface area contributed by atoms with Crippen LogP contribution in [0.5, 0.6) is 5.75 Å². The summed E-state index contributed by atoms with van der Waals surface area (Å²) in [5, 5.41) is 0. The second kappa shape index (κ2) is 7.28. The van der Waals surface area contributed by atoms with Gasteiger partial charge in [0.2, 0.25) is 5.91 Å². The molecule has 1 heterocycles. The highest BCUT2D eigenvalue weighted by atomic mass is 32.2. The van der Waals surface area contributed by atoms with Crippen molar-refractivity contribution in [2.45, 2.75) is 11.8 Å². The van der Waals surface area contributed by atoms with Crippen molar-refractivity contribution in [3.63, 3.8) is 0 Å². The molecule has 0 saturated carbocycles. The molecule has 1 aliphatic rings. The van der Waals surface area contributed by atoms with Crippen molar-refractivity contribution in [2.75, 3.05) is 29.9 Å². The maximum Gasteiger partial charge on any atom is 0.339 e. The molecule has 2 aromatic rings. The second-order valence-corrected chi connectivity index (χ2v) is 7.47. The zero-order chi connectivity index (χ0) is 19.6. The Bertz CT molecular complexity index is 1000. The minimum Gasteiger partial charge on any atom is -0.490 e. The maximum atomic E-state index is 12.8. The van der Waals surface area contributed by atoms with Gasteiger partial charge in [-0.05, 0) is 30.3 Å². The lowest BCUT2D eigenvalue weighted by atomic mass is 10.2. The number of carbonyl (C=O) groups excluding carboxylic acids is 2. The van der Waals surface area contributed by atoms with Crippen molar-refractivity contribution in [1.29, 1.82) is 0 Å². The summed E-state index contributed by atoms with van der Waals surface area (Å²) in [4.78, 5) is 25.1. The van der Waals surface area contributed by atoms with E-state index in [1.807, 2.05) is 0 Å². The molecule has 1 N–H and O–H groups in total. The number of rotatable bonds is 4. The summed E-state index contributed by atoms with van der Waals surface area (Å²) < 4.78 is 38.2. The summed E-state index contributed by atoms with van der Waals surface area (Å²) in [5.74, 6) is -0.432. The topological polar surface area (TPSA) is 102 Å². The van der Waals surface area contributed by atoms with Crippen LogP contribution in [-0.2, 0) is 19.6 Å². The predicted molar refractivity (Wildman–Crippen MR) is 98.6 cm³/mol. The van der Waals surface area contributed by atoms with Gasteiger partial charge in [-0.15, -0.1) is 0 Å². The zero-order valence-corrected chi connectivity index (χ0v) is 15.6. The Morgan fingerprint density at radius 3 is 2.63 bits per heavy atom. The SMILES string of the molecule is COC(=O)c1ccccc1NS(=O)(=O)c1ccc2c(c1)N(C(C)=O)CCO2. The van der Waals surface area contributed by atoms with Crippen LogP contribution in [0.4, 0.5) is 11.4 Å². The number of nitrogens with zero attached hydrogens (tertiary/aromatic N) is 1. The van der Waals surface area contributed by atoms with Gasteiger partial charge >= 0.3 is 5.97 Å². The van der Waals surface area contributed by atoms with E-state index in [1.165, 1.54) is 49.3 Å². The van der Waals surface area contributed by atoms with Crippen molar-refractivity contribution in [3.05, 3.63) is 48.0 Å². The molecular formula is C18H18N2O6S. The molecule has 0 aliphatic carbocycles. The number of sulfonamides is 1. The van der Waals surface area contributed by atoms with Gasteiger partial charge in [0.25, 0.3) is 10.0 Å². The lowest BCUT2D eigenvalue weighted by molar-refractivity contribution is -0.116. The van der Waals surface area contributed by atoms with Gasteiger partial charge in [-0.2, -0.15) is 0 Å². The summed E-state index contributed by atoms with van der Waals surface area (Å²) >= 11 is 0. The van der Waals surface area contributed by atoms with Gasteiger partial charge in [0.1, 0.15) is 12.4 Å². The number of hydrogen-bond acceptors (Lipinski definition) is 6. The summed E-state index contributed by atoms with van der Waals surface area (Å²) in [6.07, 6.45) is 0. The lowest BCUT2D eigenvalue weighted by Crippen LogP contribution is -2.36. The van der Waals surface area contributed by atoms with Crippen LogP contribution in [0.1, 0.15) is 17.3 Å².